The normalized spacial score (nSPS) is 11.7. The molecular formula is C15H8BrClFN. The van der Waals surface area contributed by atoms with Crippen LogP contribution in [0.1, 0.15) is 11.1 Å². The molecule has 0 unspecified atom stereocenters. The Morgan fingerprint density at radius 3 is 2.37 bits per heavy atom. The first-order chi connectivity index (χ1) is 9.13. The molecule has 0 atom stereocenters. The topological polar surface area (TPSA) is 23.8 Å². The highest BCUT2D eigenvalue weighted by atomic mass is 79.9. The van der Waals surface area contributed by atoms with Gasteiger partial charge in [0.25, 0.3) is 0 Å². The van der Waals surface area contributed by atoms with Crippen molar-refractivity contribution in [1.29, 1.82) is 5.26 Å². The van der Waals surface area contributed by atoms with Crippen LogP contribution in [0.2, 0.25) is 0 Å². The summed E-state index contributed by atoms with van der Waals surface area (Å²) in [6.07, 6.45) is 0. The predicted molar refractivity (Wildman–Crippen MR) is 78.8 cm³/mol. The number of benzene rings is 2. The molecule has 2 aromatic carbocycles. The minimum atomic E-state index is -0.369. The maximum Gasteiger partial charge on any atom is 0.137 e. The van der Waals surface area contributed by atoms with E-state index in [1.165, 1.54) is 6.07 Å². The summed E-state index contributed by atoms with van der Waals surface area (Å²) in [6, 6.07) is 15.6. The molecule has 0 fully saturated rings. The highest BCUT2D eigenvalue weighted by molar-refractivity contribution is 9.10. The van der Waals surface area contributed by atoms with Crippen molar-refractivity contribution in [2.45, 2.75) is 0 Å². The van der Waals surface area contributed by atoms with Gasteiger partial charge in [-0.2, -0.15) is 5.26 Å². The van der Waals surface area contributed by atoms with E-state index in [9.17, 15) is 9.65 Å². The summed E-state index contributed by atoms with van der Waals surface area (Å²) in [5, 5.41) is 9.56. The Hall–Kier alpha value is -1.63. The molecule has 2 rings (SSSR count). The molecule has 0 radical (unpaired) electrons. The second-order valence-corrected chi connectivity index (χ2v) is 5.03. The van der Waals surface area contributed by atoms with E-state index in [-0.39, 0.29) is 5.82 Å². The van der Waals surface area contributed by atoms with E-state index < -0.39 is 0 Å². The van der Waals surface area contributed by atoms with Crippen LogP contribution in [-0.4, -0.2) is 0 Å². The van der Waals surface area contributed by atoms with Gasteiger partial charge in [0.1, 0.15) is 11.9 Å². The fourth-order valence-corrected chi connectivity index (χ4v) is 2.27. The van der Waals surface area contributed by atoms with E-state index in [2.05, 4.69) is 22.0 Å². The van der Waals surface area contributed by atoms with E-state index in [0.717, 1.165) is 5.56 Å². The molecule has 0 aliphatic heterocycles. The average molecular weight is 337 g/mol. The van der Waals surface area contributed by atoms with Gasteiger partial charge in [-0.1, -0.05) is 48.0 Å². The molecule has 0 saturated carbocycles. The Balaban J connectivity index is 2.56. The second kappa shape index (κ2) is 6.01. The van der Waals surface area contributed by atoms with Crippen molar-refractivity contribution in [1.82, 2.24) is 0 Å². The smallest absolute Gasteiger partial charge is 0.137 e. The van der Waals surface area contributed by atoms with Crippen LogP contribution >= 0.6 is 27.5 Å². The van der Waals surface area contributed by atoms with E-state index >= 15 is 0 Å². The van der Waals surface area contributed by atoms with Crippen LogP contribution in [0.3, 0.4) is 0 Å². The monoisotopic (exact) mass is 335 g/mol. The number of allylic oxidation sites excluding steroid dienone is 1. The van der Waals surface area contributed by atoms with Crippen molar-refractivity contribution in [2.75, 3.05) is 0 Å². The van der Waals surface area contributed by atoms with Gasteiger partial charge in [0, 0.05) is 0 Å². The molecule has 0 amide bonds. The van der Waals surface area contributed by atoms with Crippen LogP contribution in [0.25, 0.3) is 10.6 Å². The van der Waals surface area contributed by atoms with Gasteiger partial charge in [-0.3, -0.25) is 0 Å². The van der Waals surface area contributed by atoms with Gasteiger partial charge in [0.15, 0.2) is 0 Å². The Kier molecular flexibility index (Phi) is 4.36. The third-order valence-corrected chi connectivity index (χ3v) is 3.58. The number of nitriles is 1. The minimum absolute atomic E-state index is 0.300. The second-order valence-electron chi connectivity index (χ2n) is 3.80. The van der Waals surface area contributed by atoms with E-state index in [4.69, 9.17) is 11.6 Å². The number of nitrogens with zero attached hydrogens (tertiary/aromatic N) is 1. The molecule has 2 aromatic rings. The van der Waals surface area contributed by atoms with Crippen LogP contribution in [0, 0.1) is 17.1 Å². The van der Waals surface area contributed by atoms with Crippen molar-refractivity contribution in [2.24, 2.45) is 0 Å². The Bertz CT molecular complexity index is 674. The molecule has 0 aliphatic carbocycles. The maximum atomic E-state index is 13.2. The lowest BCUT2D eigenvalue weighted by atomic mass is 10.0. The molecule has 94 valence electrons. The standard InChI is InChI=1S/C15H8BrClFN/c16-13-8-11(6-7-14(13)18)15(17)12(9-19)10-4-2-1-3-5-10/h1-8H/b15-12+. The first-order valence-electron chi connectivity index (χ1n) is 5.44. The van der Waals surface area contributed by atoms with Crippen molar-refractivity contribution in [3.63, 3.8) is 0 Å². The first kappa shape index (κ1) is 13.8. The summed E-state index contributed by atoms with van der Waals surface area (Å²) in [5.41, 5.74) is 1.69. The van der Waals surface area contributed by atoms with Crippen LogP contribution in [0.5, 0.6) is 0 Å². The van der Waals surface area contributed by atoms with E-state index in [0.29, 0.717) is 20.6 Å². The Morgan fingerprint density at radius 1 is 1.11 bits per heavy atom. The number of halogens is 3. The lowest BCUT2D eigenvalue weighted by molar-refractivity contribution is 0.621. The molecule has 0 aromatic heterocycles. The molecule has 0 heterocycles. The van der Waals surface area contributed by atoms with Gasteiger partial charge in [0.2, 0.25) is 0 Å². The number of hydrogen-bond donors (Lipinski definition) is 0. The van der Waals surface area contributed by atoms with Crippen LogP contribution in [0.4, 0.5) is 4.39 Å². The molecular weight excluding hydrogens is 329 g/mol. The zero-order valence-corrected chi connectivity index (χ0v) is 12.0. The van der Waals surface area contributed by atoms with Crippen LogP contribution in [-0.2, 0) is 0 Å². The van der Waals surface area contributed by atoms with Gasteiger partial charge in [-0.15, -0.1) is 0 Å². The summed E-state index contributed by atoms with van der Waals surface area (Å²) in [5.74, 6) is -0.369. The molecule has 19 heavy (non-hydrogen) atoms. The summed E-state index contributed by atoms with van der Waals surface area (Å²) in [4.78, 5) is 0. The zero-order valence-electron chi connectivity index (χ0n) is 9.70. The van der Waals surface area contributed by atoms with Crippen LogP contribution in [0.15, 0.2) is 53.0 Å². The maximum absolute atomic E-state index is 13.2. The van der Waals surface area contributed by atoms with Crippen molar-refractivity contribution in [3.05, 3.63) is 69.9 Å². The Morgan fingerprint density at radius 2 is 1.79 bits per heavy atom. The van der Waals surface area contributed by atoms with Gasteiger partial charge in [-0.05, 0) is 39.2 Å². The SMILES string of the molecule is N#C/C(=C(\Cl)c1ccc(F)c(Br)c1)c1ccccc1. The van der Waals surface area contributed by atoms with Gasteiger partial charge in [-0.25, -0.2) is 4.39 Å². The van der Waals surface area contributed by atoms with Crippen molar-refractivity contribution < 1.29 is 4.39 Å². The fourth-order valence-electron chi connectivity index (χ4n) is 1.62. The van der Waals surface area contributed by atoms with Crippen molar-refractivity contribution in [3.8, 4) is 6.07 Å². The van der Waals surface area contributed by atoms with Crippen molar-refractivity contribution >= 4 is 38.1 Å². The molecule has 0 N–H and O–H groups in total. The van der Waals surface area contributed by atoms with E-state index in [1.54, 1.807) is 24.3 Å². The first-order valence-corrected chi connectivity index (χ1v) is 6.61. The summed E-state index contributed by atoms with van der Waals surface area (Å²) >= 11 is 9.35. The lowest BCUT2D eigenvalue weighted by Gasteiger charge is -2.05. The minimum Gasteiger partial charge on any atom is -0.206 e. The third kappa shape index (κ3) is 3.04. The lowest BCUT2D eigenvalue weighted by Crippen LogP contribution is -1.87. The number of rotatable bonds is 2. The molecule has 4 heteroatoms. The van der Waals surface area contributed by atoms with Crippen LogP contribution < -0.4 is 0 Å². The highest BCUT2D eigenvalue weighted by Crippen LogP contribution is 2.31. The fraction of sp³-hybridized carbons (Fsp3) is 0. The third-order valence-electron chi connectivity index (χ3n) is 2.57. The number of hydrogen-bond acceptors (Lipinski definition) is 1. The average Bonchev–Trinajstić information content (AvgIpc) is 2.44. The molecule has 1 nitrogen and oxygen atoms in total. The van der Waals surface area contributed by atoms with Gasteiger partial charge < -0.3 is 0 Å². The van der Waals surface area contributed by atoms with Gasteiger partial charge >= 0.3 is 0 Å². The quantitative estimate of drug-likeness (QED) is 0.545. The molecule has 0 saturated heterocycles. The summed E-state index contributed by atoms with van der Waals surface area (Å²) in [6.45, 7) is 0. The molecule has 0 bridgehead atoms. The molecule has 0 aliphatic rings. The summed E-state index contributed by atoms with van der Waals surface area (Å²) in [7, 11) is 0. The van der Waals surface area contributed by atoms with E-state index in [1.807, 2.05) is 18.2 Å². The largest absolute Gasteiger partial charge is 0.206 e. The highest BCUT2D eigenvalue weighted by Gasteiger charge is 2.10. The Labute approximate surface area is 124 Å². The zero-order chi connectivity index (χ0) is 13.8. The summed E-state index contributed by atoms with van der Waals surface area (Å²) < 4.78 is 13.5. The van der Waals surface area contributed by atoms with Gasteiger partial charge in [0.05, 0.1) is 15.1 Å². The predicted octanol–water partition coefficient (Wildman–Crippen LogP) is 5.22. The molecule has 0 spiro atoms.